The molecule has 3 aromatic heterocycles. The molecule has 0 saturated heterocycles. The fourth-order valence-corrected chi connectivity index (χ4v) is 8.53. The molecule has 0 unspecified atom stereocenters. The van der Waals surface area contributed by atoms with Gasteiger partial charge < -0.3 is 4.42 Å². The Balaban J connectivity index is 1.17. The Morgan fingerprint density at radius 1 is 0.560 bits per heavy atom. The van der Waals surface area contributed by atoms with E-state index >= 15 is 0 Å². The quantitative estimate of drug-likeness (QED) is 0.188. The van der Waals surface area contributed by atoms with Crippen LogP contribution in [-0.2, 0) is 5.41 Å². The molecule has 1 aliphatic rings. The number of para-hydroxylation sites is 2. The molecular weight excluding hydrogens is 633 g/mol. The number of fused-ring (bicyclic) bond motifs is 8. The minimum atomic E-state index is -0.0951. The lowest BCUT2D eigenvalue weighted by molar-refractivity contribution is 0.661. The highest BCUT2D eigenvalue weighted by Crippen LogP contribution is 2.53. The minimum absolute atomic E-state index is 0.0951. The van der Waals surface area contributed by atoms with Gasteiger partial charge >= 0.3 is 0 Å². The highest BCUT2D eigenvalue weighted by Gasteiger charge is 2.37. The average molecular weight is 663 g/mol. The van der Waals surface area contributed by atoms with E-state index in [1.54, 1.807) is 11.3 Å². The largest absolute Gasteiger partial charge is 0.455 e. The van der Waals surface area contributed by atoms with E-state index in [4.69, 9.17) is 19.4 Å². The molecule has 0 aliphatic heterocycles. The van der Waals surface area contributed by atoms with Crippen LogP contribution >= 0.6 is 11.3 Å². The third kappa shape index (κ3) is 4.31. The van der Waals surface area contributed by atoms with E-state index in [-0.39, 0.29) is 5.41 Å². The zero-order valence-corrected chi connectivity index (χ0v) is 28.5. The first-order valence-corrected chi connectivity index (χ1v) is 17.7. The summed E-state index contributed by atoms with van der Waals surface area (Å²) in [6.07, 6.45) is 0. The smallest absolute Gasteiger partial charge is 0.167 e. The average Bonchev–Trinajstić information content (AvgIpc) is 3.84. The van der Waals surface area contributed by atoms with Gasteiger partial charge in [0.25, 0.3) is 0 Å². The molecule has 0 spiro atoms. The van der Waals surface area contributed by atoms with Gasteiger partial charge in [-0.15, -0.1) is 11.3 Å². The number of nitrogens with zero attached hydrogens (tertiary/aromatic N) is 4. The van der Waals surface area contributed by atoms with Gasteiger partial charge in [0.1, 0.15) is 11.2 Å². The monoisotopic (exact) mass is 662 g/mol. The van der Waals surface area contributed by atoms with Gasteiger partial charge in [0, 0.05) is 38.4 Å². The van der Waals surface area contributed by atoms with Crippen LogP contribution < -0.4 is 0 Å². The zero-order chi connectivity index (χ0) is 33.6. The van der Waals surface area contributed by atoms with Crippen molar-refractivity contribution < 1.29 is 4.42 Å². The van der Waals surface area contributed by atoms with Gasteiger partial charge in [0.15, 0.2) is 17.5 Å². The summed E-state index contributed by atoms with van der Waals surface area (Å²) < 4.78 is 8.16. The van der Waals surface area contributed by atoms with E-state index < -0.39 is 0 Å². The van der Waals surface area contributed by atoms with Crippen molar-refractivity contribution in [2.24, 2.45) is 0 Å². The fraction of sp³-hybridized carbons (Fsp3) is 0.0909. The second-order valence-corrected chi connectivity index (χ2v) is 14.4. The van der Waals surface area contributed by atoms with Crippen molar-refractivity contribution in [1.82, 2.24) is 19.9 Å². The van der Waals surface area contributed by atoms with Crippen molar-refractivity contribution in [2.45, 2.75) is 26.2 Å². The van der Waals surface area contributed by atoms with Crippen LogP contribution in [0.2, 0.25) is 0 Å². The second kappa shape index (κ2) is 10.8. The molecule has 0 radical (unpaired) electrons. The Kier molecular flexibility index (Phi) is 6.24. The molecule has 0 bridgehead atoms. The second-order valence-electron chi connectivity index (χ2n) is 13.6. The SMILES string of the molecule is Cc1cccc(-c2nc(-c3ccccc3)nc(-c3cccc4c3oc3c(-c5ccc6c(c5)-c5c(ccc7ncsc57)C6(C)C)cccc34)n2)c1. The molecule has 10 rings (SSSR count). The third-order valence-electron chi connectivity index (χ3n) is 10.2. The summed E-state index contributed by atoms with van der Waals surface area (Å²) in [6, 6.07) is 42.3. The van der Waals surface area contributed by atoms with Crippen molar-refractivity contribution in [3.63, 3.8) is 0 Å². The van der Waals surface area contributed by atoms with E-state index in [2.05, 4.69) is 98.6 Å². The Morgan fingerprint density at radius 2 is 1.24 bits per heavy atom. The number of thiazole rings is 1. The van der Waals surface area contributed by atoms with Gasteiger partial charge in [-0.05, 0) is 53.4 Å². The maximum absolute atomic E-state index is 6.91. The molecule has 0 atom stereocenters. The number of hydrogen-bond donors (Lipinski definition) is 0. The topological polar surface area (TPSA) is 64.7 Å². The normalized spacial score (nSPS) is 13.3. The summed E-state index contributed by atoms with van der Waals surface area (Å²) in [5.41, 5.74) is 15.8. The first-order chi connectivity index (χ1) is 24.4. The number of aromatic nitrogens is 4. The Hall–Kier alpha value is -5.98. The molecule has 9 aromatic rings. The lowest BCUT2D eigenvalue weighted by atomic mass is 9.82. The van der Waals surface area contributed by atoms with Crippen LogP contribution in [0.3, 0.4) is 0 Å². The fourth-order valence-electron chi connectivity index (χ4n) is 7.67. The van der Waals surface area contributed by atoms with Crippen LogP contribution in [0.25, 0.3) is 88.6 Å². The number of furan rings is 1. The van der Waals surface area contributed by atoms with Gasteiger partial charge in [0.05, 0.1) is 21.3 Å². The maximum atomic E-state index is 6.91. The van der Waals surface area contributed by atoms with Gasteiger partial charge in [-0.1, -0.05) is 116 Å². The minimum Gasteiger partial charge on any atom is -0.455 e. The van der Waals surface area contributed by atoms with Gasteiger partial charge in [-0.2, -0.15) is 0 Å². The standard InChI is InChI=1S/C44H30N4OS/c1-25-10-7-13-28(22-25)42-46-41(26-11-5-4-6-12-26)47-43(48-42)32-17-9-16-31-30-15-8-14-29(38(30)49-39(31)32)27-18-19-34-33(23-27)37-35(44(34,2)3)20-21-36-40(37)50-24-45-36/h4-24H,1-3H3. The molecule has 3 heterocycles. The Bertz CT molecular complexity index is 2810. The molecule has 50 heavy (non-hydrogen) atoms. The Labute approximate surface area is 293 Å². The van der Waals surface area contributed by atoms with Gasteiger partial charge in [0.2, 0.25) is 0 Å². The zero-order valence-electron chi connectivity index (χ0n) is 27.7. The summed E-state index contributed by atoms with van der Waals surface area (Å²) in [6.45, 7) is 6.72. The molecule has 6 heteroatoms. The van der Waals surface area contributed by atoms with E-state index in [0.717, 1.165) is 60.8 Å². The van der Waals surface area contributed by atoms with E-state index in [1.165, 1.54) is 27.0 Å². The molecule has 0 saturated carbocycles. The third-order valence-corrected chi connectivity index (χ3v) is 11.0. The summed E-state index contributed by atoms with van der Waals surface area (Å²) in [5.74, 6) is 1.83. The predicted octanol–water partition coefficient (Wildman–Crippen LogP) is 11.7. The van der Waals surface area contributed by atoms with Crippen molar-refractivity contribution in [3.8, 4) is 56.4 Å². The summed E-state index contributed by atoms with van der Waals surface area (Å²) in [4.78, 5) is 19.6. The molecule has 238 valence electrons. The molecule has 6 aromatic carbocycles. The van der Waals surface area contributed by atoms with Crippen LogP contribution in [0.4, 0.5) is 0 Å². The van der Waals surface area contributed by atoms with Gasteiger partial charge in [-0.3, -0.25) is 0 Å². The van der Waals surface area contributed by atoms with Crippen molar-refractivity contribution >= 4 is 43.5 Å². The van der Waals surface area contributed by atoms with E-state index in [9.17, 15) is 0 Å². The number of rotatable bonds is 4. The first-order valence-electron chi connectivity index (χ1n) is 16.8. The molecule has 5 nitrogen and oxygen atoms in total. The lowest BCUT2D eigenvalue weighted by Gasteiger charge is -2.21. The number of aryl methyl sites for hydroxylation is 1. The maximum Gasteiger partial charge on any atom is 0.167 e. The molecule has 0 amide bonds. The predicted molar refractivity (Wildman–Crippen MR) is 204 cm³/mol. The number of benzene rings is 6. The molecule has 1 aliphatic carbocycles. The Morgan fingerprint density at radius 3 is 2.04 bits per heavy atom. The van der Waals surface area contributed by atoms with Crippen molar-refractivity contribution in [2.75, 3.05) is 0 Å². The highest BCUT2D eigenvalue weighted by atomic mass is 32.1. The first kappa shape index (κ1) is 29.0. The van der Waals surface area contributed by atoms with Gasteiger partial charge in [-0.25, -0.2) is 19.9 Å². The van der Waals surface area contributed by atoms with Crippen molar-refractivity contribution in [1.29, 1.82) is 0 Å². The van der Waals surface area contributed by atoms with E-state index in [0.29, 0.717) is 17.5 Å². The van der Waals surface area contributed by atoms with Crippen LogP contribution in [0.1, 0.15) is 30.5 Å². The highest BCUT2D eigenvalue weighted by molar-refractivity contribution is 7.17. The van der Waals surface area contributed by atoms with Crippen LogP contribution in [0.5, 0.6) is 0 Å². The molecular formula is C44H30N4OS. The lowest BCUT2D eigenvalue weighted by Crippen LogP contribution is -2.14. The molecule has 0 fully saturated rings. The van der Waals surface area contributed by atoms with E-state index in [1.807, 2.05) is 54.0 Å². The summed E-state index contributed by atoms with van der Waals surface area (Å²) in [7, 11) is 0. The van der Waals surface area contributed by atoms with Crippen LogP contribution in [0.15, 0.2) is 131 Å². The van der Waals surface area contributed by atoms with Crippen LogP contribution in [0, 0.1) is 6.92 Å². The van der Waals surface area contributed by atoms with Crippen LogP contribution in [-0.4, -0.2) is 19.9 Å². The number of hydrogen-bond acceptors (Lipinski definition) is 6. The summed E-state index contributed by atoms with van der Waals surface area (Å²) in [5, 5.41) is 2.08. The molecule has 0 N–H and O–H groups in total. The summed E-state index contributed by atoms with van der Waals surface area (Å²) >= 11 is 1.72. The van der Waals surface area contributed by atoms with Crippen molar-refractivity contribution in [3.05, 3.63) is 144 Å².